The molecular weight excluding hydrogens is 521 g/mol. The fourth-order valence-electron chi connectivity index (χ4n) is 3.93. The van der Waals surface area contributed by atoms with Gasteiger partial charge >= 0.3 is 21.7 Å². The van der Waals surface area contributed by atoms with Gasteiger partial charge in [-0.25, -0.2) is 14.3 Å². The van der Waals surface area contributed by atoms with Gasteiger partial charge in [0.25, 0.3) is 5.91 Å². The Bertz CT molecular complexity index is 1400. The second-order valence-corrected chi connectivity index (χ2v) is 11.0. The largest absolute Gasteiger partial charge is 0.534 e. The number of carbonyl (C=O) groups is 2. The molecule has 0 saturated carbocycles. The predicted molar refractivity (Wildman–Crippen MR) is 125 cm³/mol. The summed E-state index contributed by atoms with van der Waals surface area (Å²) in [6.45, 7) is 8.05. The molecule has 0 bridgehead atoms. The molecular formula is C22H25F3N4O7S. The molecule has 202 valence electrons. The van der Waals surface area contributed by atoms with E-state index >= 15 is 0 Å². The molecule has 2 aliphatic rings. The number of nitrogens with one attached hydrogen (secondary N) is 1. The van der Waals surface area contributed by atoms with Gasteiger partial charge in [0.2, 0.25) is 0 Å². The van der Waals surface area contributed by atoms with Crippen molar-refractivity contribution in [2.24, 2.45) is 0 Å². The fourth-order valence-corrected chi connectivity index (χ4v) is 4.44. The number of hydrogen-bond acceptors (Lipinski definition) is 9. The summed E-state index contributed by atoms with van der Waals surface area (Å²) in [6.07, 6.45) is -0.964. The van der Waals surface area contributed by atoms with Crippen molar-refractivity contribution in [3.63, 3.8) is 0 Å². The lowest BCUT2D eigenvalue weighted by Gasteiger charge is -2.29. The first-order valence-corrected chi connectivity index (χ1v) is 12.6. The van der Waals surface area contributed by atoms with Crippen LogP contribution in [0.4, 0.5) is 23.7 Å². The Labute approximate surface area is 210 Å². The van der Waals surface area contributed by atoms with E-state index < -0.39 is 56.9 Å². The number of ether oxygens (including phenoxy) is 2. The molecule has 1 amide bonds. The van der Waals surface area contributed by atoms with Gasteiger partial charge in [0, 0.05) is 18.8 Å². The Morgan fingerprint density at radius 2 is 1.81 bits per heavy atom. The normalized spacial score (nSPS) is 17.4. The summed E-state index contributed by atoms with van der Waals surface area (Å²) in [5.41, 5.74) is -5.52. The molecule has 0 aliphatic carbocycles. The maximum atomic E-state index is 13.3. The van der Waals surface area contributed by atoms with Crippen molar-refractivity contribution in [2.45, 2.75) is 38.8 Å². The summed E-state index contributed by atoms with van der Waals surface area (Å²) in [5, 5.41) is 2.23. The maximum absolute atomic E-state index is 13.3. The molecule has 1 saturated heterocycles. The number of hydrogen-bond donors (Lipinski definition) is 1. The van der Waals surface area contributed by atoms with Crippen molar-refractivity contribution >= 4 is 44.4 Å². The van der Waals surface area contributed by atoms with Gasteiger partial charge < -0.3 is 23.9 Å². The van der Waals surface area contributed by atoms with Crippen molar-refractivity contribution in [2.75, 3.05) is 37.7 Å². The van der Waals surface area contributed by atoms with Gasteiger partial charge in [-0.15, -0.1) is 0 Å². The monoisotopic (exact) mass is 546 g/mol. The van der Waals surface area contributed by atoms with Crippen molar-refractivity contribution in [1.29, 1.82) is 0 Å². The molecule has 1 fully saturated rings. The molecule has 15 heteroatoms. The minimum Gasteiger partial charge on any atom is -0.443 e. The van der Waals surface area contributed by atoms with Gasteiger partial charge in [0.05, 0.1) is 30.8 Å². The molecule has 0 spiro atoms. The van der Waals surface area contributed by atoms with E-state index in [1.54, 1.807) is 33.8 Å². The number of rotatable bonds is 4. The second-order valence-electron chi connectivity index (χ2n) is 9.45. The third kappa shape index (κ3) is 5.23. The van der Waals surface area contributed by atoms with Crippen LogP contribution in [0.15, 0.2) is 17.9 Å². The first-order valence-electron chi connectivity index (χ1n) is 11.2. The number of aryl methyl sites for hydroxylation is 1. The average Bonchev–Trinajstić information content (AvgIpc) is 3.32. The van der Waals surface area contributed by atoms with E-state index in [4.69, 9.17) is 9.47 Å². The Morgan fingerprint density at radius 1 is 1.16 bits per heavy atom. The Balaban J connectivity index is 1.95. The van der Waals surface area contributed by atoms with Gasteiger partial charge in [-0.2, -0.15) is 21.6 Å². The van der Waals surface area contributed by atoms with Crippen molar-refractivity contribution in [3.05, 3.63) is 29.3 Å². The zero-order chi connectivity index (χ0) is 27.3. The predicted octanol–water partition coefficient (Wildman–Crippen LogP) is 2.67. The Morgan fingerprint density at radius 3 is 2.41 bits per heavy atom. The average molecular weight is 547 g/mol. The van der Waals surface area contributed by atoms with E-state index in [0.717, 1.165) is 10.3 Å². The van der Waals surface area contributed by atoms with Crippen LogP contribution in [0, 0.1) is 6.92 Å². The summed E-state index contributed by atoms with van der Waals surface area (Å²) in [4.78, 5) is 32.4. The quantitative estimate of drug-likeness (QED) is 0.455. The molecule has 1 N–H and O–H groups in total. The van der Waals surface area contributed by atoms with Gasteiger partial charge in [-0.05, 0) is 45.4 Å². The molecule has 0 radical (unpaired) electrons. The van der Waals surface area contributed by atoms with Gasteiger partial charge in [0.1, 0.15) is 11.2 Å². The molecule has 1 aromatic heterocycles. The lowest BCUT2D eigenvalue weighted by molar-refractivity contribution is -0.114. The van der Waals surface area contributed by atoms with Crippen molar-refractivity contribution in [1.82, 2.24) is 14.9 Å². The fraction of sp³-hybridized carbons (Fsp3) is 0.500. The Hall–Kier alpha value is -3.33. The van der Waals surface area contributed by atoms with Crippen LogP contribution in [-0.2, 0) is 28.6 Å². The van der Waals surface area contributed by atoms with Crippen molar-refractivity contribution in [3.8, 4) is 0 Å². The highest BCUT2D eigenvalue weighted by Crippen LogP contribution is 2.35. The molecule has 2 aromatic rings. The number of nitrogens with zero attached hydrogens (tertiary/aromatic N) is 3. The van der Waals surface area contributed by atoms with Crippen molar-refractivity contribution < 1.29 is 44.8 Å². The standard InChI is InChI=1S/C22H25F3N4O7S/c1-12-9-13(28-5-7-34-8-6-28)10-14-17(12)27-18(29(14)20(31)35-21(2,3)4)16-15(11-26-19(16)30)36-37(32,33)22(23,24)25/h9-10H,5-8,11H2,1-4H3,(H,26,30). The van der Waals surface area contributed by atoms with E-state index in [2.05, 4.69) is 14.5 Å². The maximum Gasteiger partial charge on any atom is 0.534 e. The van der Waals surface area contributed by atoms with Crippen LogP contribution < -0.4 is 10.2 Å². The number of imidazole rings is 1. The molecule has 11 nitrogen and oxygen atoms in total. The number of carbonyl (C=O) groups excluding carboxylic acids is 2. The number of anilines is 1. The van der Waals surface area contributed by atoms with E-state index in [-0.39, 0.29) is 11.0 Å². The SMILES string of the molecule is Cc1cc(N2CCOCC2)cc2c1nc(C1=C(OS(=O)(=O)C(F)(F)F)CNC1=O)n2C(=O)OC(C)(C)C. The lowest BCUT2D eigenvalue weighted by Crippen LogP contribution is -2.36. The first-order chi connectivity index (χ1) is 17.1. The molecule has 2 aliphatic heterocycles. The number of aromatic nitrogens is 2. The molecule has 37 heavy (non-hydrogen) atoms. The zero-order valence-corrected chi connectivity index (χ0v) is 21.2. The number of fused-ring (bicyclic) bond motifs is 1. The summed E-state index contributed by atoms with van der Waals surface area (Å²) in [6, 6.07) is 3.47. The second kappa shape index (κ2) is 9.20. The third-order valence-corrected chi connectivity index (χ3v) is 6.51. The number of halogens is 3. The summed E-state index contributed by atoms with van der Waals surface area (Å²) in [7, 11) is -6.09. The van der Waals surface area contributed by atoms with Crippen LogP contribution in [0.3, 0.4) is 0 Å². The minimum absolute atomic E-state index is 0.218. The number of alkyl halides is 3. The molecule has 0 atom stereocenters. The minimum atomic E-state index is -6.09. The topological polar surface area (TPSA) is 129 Å². The highest BCUT2D eigenvalue weighted by atomic mass is 32.2. The van der Waals surface area contributed by atoms with Crippen LogP contribution >= 0.6 is 0 Å². The Kier molecular flexibility index (Phi) is 6.65. The summed E-state index contributed by atoms with van der Waals surface area (Å²) < 4.78 is 78.5. The van der Waals surface area contributed by atoms with Crippen LogP contribution in [-0.4, -0.2) is 73.9 Å². The highest BCUT2D eigenvalue weighted by Gasteiger charge is 2.50. The summed E-state index contributed by atoms with van der Waals surface area (Å²) >= 11 is 0. The van der Waals surface area contributed by atoms with Crippen LogP contribution in [0.1, 0.15) is 32.2 Å². The van der Waals surface area contributed by atoms with Crippen LogP contribution in [0.25, 0.3) is 16.6 Å². The molecule has 1 aromatic carbocycles. The first kappa shape index (κ1) is 26.7. The molecule has 3 heterocycles. The highest BCUT2D eigenvalue weighted by molar-refractivity contribution is 7.87. The number of amides is 1. The lowest BCUT2D eigenvalue weighted by atomic mass is 10.1. The van der Waals surface area contributed by atoms with E-state index in [0.29, 0.717) is 31.9 Å². The van der Waals surface area contributed by atoms with Gasteiger partial charge in [0.15, 0.2) is 11.6 Å². The zero-order valence-electron chi connectivity index (χ0n) is 20.4. The molecule has 4 rings (SSSR count). The van der Waals surface area contributed by atoms with E-state index in [1.807, 2.05) is 11.0 Å². The van der Waals surface area contributed by atoms with Crippen LogP contribution in [0.5, 0.6) is 0 Å². The third-order valence-electron chi connectivity index (χ3n) is 5.52. The summed E-state index contributed by atoms with van der Waals surface area (Å²) in [5.74, 6) is -2.21. The smallest absolute Gasteiger partial charge is 0.443 e. The van der Waals surface area contributed by atoms with Gasteiger partial charge in [-0.1, -0.05) is 0 Å². The van der Waals surface area contributed by atoms with Crippen LogP contribution in [0.2, 0.25) is 0 Å². The molecule has 0 unspecified atom stereocenters. The number of morpholine rings is 1. The van der Waals surface area contributed by atoms with E-state index in [9.17, 15) is 31.2 Å². The van der Waals surface area contributed by atoms with Gasteiger partial charge in [-0.3, -0.25) is 4.79 Å². The number of benzene rings is 1. The van der Waals surface area contributed by atoms with E-state index in [1.165, 1.54) is 0 Å².